The summed E-state index contributed by atoms with van der Waals surface area (Å²) in [4.78, 5) is 11.4. The van der Waals surface area contributed by atoms with Gasteiger partial charge in [-0.3, -0.25) is 4.79 Å². The van der Waals surface area contributed by atoms with Crippen molar-refractivity contribution in [3.8, 4) is 11.5 Å². The van der Waals surface area contributed by atoms with Gasteiger partial charge in [-0.2, -0.15) is 0 Å². The summed E-state index contributed by atoms with van der Waals surface area (Å²) in [5.74, 6) is 0.878. The van der Waals surface area contributed by atoms with Crippen LogP contribution < -0.4 is 4.74 Å². The summed E-state index contributed by atoms with van der Waals surface area (Å²) in [6.45, 7) is 4.33. The molecule has 0 atom stereocenters. The Balaban J connectivity index is 2.48. The Kier molecular flexibility index (Phi) is 5.55. The number of phenols is 1. The van der Waals surface area contributed by atoms with E-state index in [2.05, 4.69) is 0 Å². The van der Waals surface area contributed by atoms with E-state index in [9.17, 15) is 9.90 Å². The average molecular weight is 353 g/mol. The number of carbonyl (C=O) groups excluding carboxylic acids is 1. The molecule has 1 N–H and O–H groups in total. The molecule has 122 valence electrons. The third kappa shape index (κ3) is 3.80. The topological polar surface area (TPSA) is 46.5 Å². The van der Waals surface area contributed by atoms with Crippen LogP contribution in [0, 0.1) is 0 Å². The summed E-state index contributed by atoms with van der Waals surface area (Å²) in [7, 11) is 0. The molecule has 0 saturated carbocycles. The smallest absolute Gasteiger partial charge is 0.153 e. The second-order valence-corrected chi connectivity index (χ2v) is 6.49. The van der Waals surface area contributed by atoms with E-state index in [1.165, 1.54) is 0 Å². The van der Waals surface area contributed by atoms with E-state index >= 15 is 0 Å². The predicted molar refractivity (Wildman–Crippen MR) is 93.3 cm³/mol. The zero-order valence-electron chi connectivity index (χ0n) is 13.0. The third-order valence-electron chi connectivity index (χ3n) is 3.83. The molecule has 2 aromatic rings. The van der Waals surface area contributed by atoms with Crippen molar-refractivity contribution < 1.29 is 14.6 Å². The Hall–Kier alpha value is -1.71. The first-order valence-electron chi connectivity index (χ1n) is 7.17. The van der Waals surface area contributed by atoms with Gasteiger partial charge in [0.2, 0.25) is 0 Å². The minimum Gasteiger partial charge on any atom is -0.508 e. The molecule has 0 aliphatic rings. The lowest BCUT2D eigenvalue weighted by Crippen LogP contribution is -2.19. The van der Waals surface area contributed by atoms with Gasteiger partial charge in [0, 0.05) is 5.41 Å². The molecule has 0 fully saturated rings. The quantitative estimate of drug-likeness (QED) is 0.599. The van der Waals surface area contributed by atoms with Gasteiger partial charge in [0.25, 0.3) is 0 Å². The summed E-state index contributed by atoms with van der Waals surface area (Å²) in [6.07, 6.45) is 0.728. The van der Waals surface area contributed by atoms with Crippen molar-refractivity contribution in [2.75, 3.05) is 12.5 Å². The Morgan fingerprint density at radius 2 is 1.83 bits per heavy atom. The fourth-order valence-corrected chi connectivity index (χ4v) is 2.76. The number of alkyl halides is 1. The van der Waals surface area contributed by atoms with Crippen LogP contribution in [0.1, 0.15) is 35.3 Å². The molecule has 2 aromatic carbocycles. The van der Waals surface area contributed by atoms with Crippen LogP contribution in [0.15, 0.2) is 36.4 Å². The highest BCUT2D eigenvalue weighted by Crippen LogP contribution is 2.38. The largest absolute Gasteiger partial charge is 0.508 e. The number of hydrogen-bond donors (Lipinski definition) is 1. The number of halogens is 2. The first-order chi connectivity index (χ1) is 10.9. The lowest BCUT2D eigenvalue weighted by Gasteiger charge is -2.27. The molecule has 0 spiro atoms. The van der Waals surface area contributed by atoms with Crippen molar-refractivity contribution >= 4 is 29.5 Å². The van der Waals surface area contributed by atoms with Gasteiger partial charge in [0.1, 0.15) is 18.1 Å². The Labute approximate surface area is 145 Å². The third-order valence-corrected chi connectivity index (χ3v) is 4.27. The van der Waals surface area contributed by atoms with E-state index in [1.807, 2.05) is 26.0 Å². The normalized spacial score (nSPS) is 11.3. The molecule has 2 rings (SSSR count). The van der Waals surface area contributed by atoms with Gasteiger partial charge in [-0.15, -0.1) is 11.6 Å². The minimum absolute atomic E-state index is 0.209. The molecule has 3 nitrogen and oxygen atoms in total. The summed E-state index contributed by atoms with van der Waals surface area (Å²) >= 11 is 11.9. The highest BCUT2D eigenvalue weighted by Gasteiger charge is 2.25. The molecule has 5 heteroatoms. The zero-order chi connectivity index (χ0) is 17.0. The molecule has 0 aromatic heterocycles. The average Bonchev–Trinajstić information content (AvgIpc) is 2.53. The van der Waals surface area contributed by atoms with Gasteiger partial charge in [-0.25, -0.2) is 0 Å². The molecule has 0 radical (unpaired) electrons. The van der Waals surface area contributed by atoms with Crippen molar-refractivity contribution in [1.29, 1.82) is 0 Å². The summed E-state index contributed by atoms with van der Waals surface area (Å²) in [6, 6.07) is 10.5. The lowest BCUT2D eigenvalue weighted by atomic mass is 9.77. The number of rotatable bonds is 6. The highest BCUT2D eigenvalue weighted by molar-refractivity contribution is 6.32. The van der Waals surface area contributed by atoms with Gasteiger partial charge in [-0.1, -0.05) is 37.6 Å². The molecule has 0 unspecified atom stereocenters. The lowest BCUT2D eigenvalue weighted by molar-refractivity contribution is 0.111. The van der Waals surface area contributed by atoms with Crippen LogP contribution >= 0.6 is 23.2 Å². The van der Waals surface area contributed by atoms with Gasteiger partial charge in [-0.05, 0) is 35.4 Å². The van der Waals surface area contributed by atoms with Crippen LogP contribution in [0.5, 0.6) is 11.5 Å². The van der Waals surface area contributed by atoms with E-state index in [1.54, 1.807) is 24.3 Å². The molecular formula is C18H18Cl2O3. The second-order valence-electron chi connectivity index (χ2n) is 5.70. The monoisotopic (exact) mass is 352 g/mol. The number of phenolic OH excluding ortho intramolecular Hbond substituents is 1. The summed E-state index contributed by atoms with van der Waals surface area (Å²) < 4.78 is 5.47. The highest BCUT2D eigenvalue weighted by atomic mass is 35.5. The number of carbonyl (C=O) groups is 1. The number of aromatic hydroxyl groups is 1. The van der Waals surface area contributed by atoms with Crippen molar-refractivity contribution in [2.24, 2.45) is 0 Å². The van der Waals surface area contributed by atoms with Crippen LogP contribution in [0.25, 0.3) is 0 Å². The fraction of sp³-hybridized carbons (Fsp3) is 0.278. The maximum Gasteiger partial charge on any atom is 0.153 e. The number of ether oxygens (including phenoxy) is 1. The van der Waals surface area contributed by atoms with E-state index in [0.717, 1.165) is 17.4 Å². The standard InChI is InChI=1S/C18H18Cl2O3/c1-18(2,13-3-5-15(22)6-4-13)14-9-12(11-21)17(16(20)10-14)23-8-7-19/h3-6,9-11,22H,7-8H2,1-2H3. The van der Waals surface area contributed by atoms with E-state index in [4.69, 9.17) is 27.9 Å². The van der Waals surface area contributed by atoms with Gasteiger partial charge in [0.15, 0.2) is 6.29 Å². The Bertz CT molecular complexity index is 694. The van der Waals surface area contributed by atoms with Crippen LogP contribution in [-0.4, -0.2) is 23.9 Å². The van der Waals surface area contributed by atoms with Crippen molar-refractivity contribution in [3.05, 3.63) is 58.1 Å². The minimum atomic E-state index is -0.389. The van der Waals surface area contributed by atoms with E-state index in [0.29, 0.717) is 22.2 Å². The van der Waals surface area contributed by atoms with Crippen molar-refractivity contribution in [1.82, 2.24) is 0 Å². The molecule has 0 saturated heterocycles. The zero-order valence-corrected chi connectivity index (χ0v) is 14.5. The number of benzene rings is 2. The van der Waals surface area contributed by atoms with Crippen LogP contribution in [0.2, 0.25) is 5.02 Å². The molecule has 0 heterocycles. The maximum atomic E-state index is 11.4. The van der Waals surface area contributed by atoms with Gasteiger partial charge < -0.3 is 9.84 Å². The van der Waals surface area contributed by atoms with Crippen LogP contribution in [-0.2, 0) is 5.41 Å². The summed E-state index contributed by atoms with van der Waals surface area (Å²) in [5.41, 5.74) is 1.88. The van der Waals surface area contributed by atoms with Crippen LogP contribution in [0.3, 0.4) is 0 Å². The van der Waals surface area contributed by atoms with Gasteiger partial charge >= 0.3 is 0 Å². The van der Waals surface area contributed by atoms with Crippen molar-refractivity contribution in [2.45, 2.75) is 19.3 Å². The summed E-state index contributed by atoms with van der Waals surface area (Å²) in [5, 5.41) is 9.82. The number of aldehydes is 1. The van der Waals surface area contributed by atoms with Crippen molar-refractivity contribution in [3.63, 3.8) is 0 Å². The molecule has 0 bridgehead atoms. The second kappa shape index (κ2) is 7.24. The Morgan fingerprint density at radius 1 is 1.17 bits per heavy atom. The first kappa shape index (κ1) is 17.6. The molecular weight excluding hydrogens is 335 g/mol. The molecule has 23 heavy (non-hydrogen) atoms. The van der Waals surface area contributed by atoms with E-state index < -0.39 is 0 Å². The SMILES string of the molecule is CC(C)(c1ccc(O)cc1)c1cc(Cl)c(OCCCl)c(C=O)c1. The molecule has 0 amide bonds. The van der Waals surface area contributed by atoms with Crippen LogP contribution in [0.4, 0.5) is 0 Å². The maximum absolute atomic E-state index is 11.4. The fourth-order valence-electron chi connectivity index (χ4n) is 2.40. The predicted octanol–water partition coefficient (Wildman–Crippen LogP) is 4.80. The molecule has 0 aliphatic carbocycles. The van der Waals surface area contributed by atoms with Gasteiger partial charge in [0.05, 0.1) is 16.5 Å². The Morgan fingerprint density at radius 3 is 2.39 bits per heavy atom. The first-order valence-corrected chi connectivity index (χ1v) is 8.09. The molecule has 0 aliphatic heterocycles. The number of hydrogen-bond acceptors (Lipinski definition) is 3. The van der Waals surface area contributed by atoms with E-state index in [-0.39, 0.29) is 17.8 Å².